The van der Waals surface area contributed by atoms with Crippen molar-refractivity contribution >= 4 is 22.0 Å². The number of β-amino-alcohol motifs (C(OH)–C–C–N with tert-alkyl or cyclic N) is 1. The lowest BCUT2D eigenvalue weighted by Gasteiger charge is -2.45. The summed E-state index contributed by atoms with van der Waals surface area (Å²) in [5.74, 6) is 0. The molecule has 0 aliphatic carbocycles. The van der Waals surface area contributed by atoms with E-state index in [9.17, 15) is 9.90 Å². The molecule has 1 aliphatic heterocycles. The van der Waals surface area contributed by atoms with Gasteiger partial charge in [-0.2, -0.15) is 0 Å². The van der Waals surface area contributed by atoms with Gasteiger partial charge in [-0.1, -0.05) is 28.1 Å². The van der Waals surface area contributed by atoms with Gasteiger partial charge in [0.15, 0.2) is 0 Å². The molecule has 0 bridgehead atoms. The molecule has 19 heavy (non-hydrogen) atoms. The predicted octanol–water partition coefficient (Wildman–Crippen LogP) is 3.10. The fraction of sp³-hybridized carbons (Fsp3) is 0.500. The summed E-state index contributed by atoms with van der Waals surface area (Å²) in [6, 6.07) is 7.27. The topological polar surface area (TPSA) is 49.8 Å². The van der Waals surface area contributed by atoms with Crippen molar-refractivity contribution in [2.45, 2.75) is 38.5 Å². The van der Waals surface area contributed by atoms with Crippen LogP contribution in [-0.2, 0) is 4.74 Å². The molecule has 1 saturated heterocycles. The Kier molecular flexibility index (Phi) is 3.87. The summed E-state index contributed by atoms with van der Waals surface area (Å²) in [5, 5.41) is 9.90. The Morgan fingerprint density at radius 3 is 2.68 bits per heavy atom. The largest absolute Gasteiger partial charge is 0.444 e. The highest BCUT2D eigenvalue weighted by atomic mass is 79.9. The molecule has 2 unspecified atom stereocenters. The molecule has 104 valence electrons. The lowest BCUT2D eigenvalue weighted by molar-refractivity contribution is -0.0723. The van der Waals surface area contributed by atoms with Crippen molar-refractivity contribution in [2.24, 2.45) is 0 Å². The fourth-order valence-electron chi connectivity index (χ4n) is 2.09. The predicted molar refractivity (Wildman–Crippen MR) is 75.8 cm³/mol. The number of aliphatic hydroxyl groups is 1. The third kappa shape index (κ3) is 3.28. The summed E-state index contributed by atoms with van der Waals surface area (Å²) in [6.45, 7) is 5.80. The Bertz CT molecular complexity index is 484. The zero-order valence-corrected chi connectivity index (χ0v) is 12.8. The molecule has 1 aliphatic rings. The number of hydrogen-bond donors (Lipinski definition) is 1. The normalized spacial score (nSPS) is 22.9. The van der Waals surface area contributed by atoms with Crippen LogP contribution in [0.1, 0.15) is 32.4 Å². The molecule has 0 saturated carbocycles. The molecule has 1 N–H and O–H groups in total. The Balaban J connectivity index is 2.14. The van der Waals surface area contributed by atoms with Crippen LogP contribution in [0.25, 0.3) is 0 Å². The number of hydrogen-bond acceptors (Lipinski definition) is 3. The maximum atomic E-state index is 12.0. The van der Waals surface area contributed by atoms with Crippen molar-refractivity contribution in [1.82, 2.24) is 4.90 Å². The Hall–Kier alpha value is -1.07. The third-order valence-corrected chi connectivity index (χ3v) is 3.40. The molecule has 1 heterocycles. The average Bonchev–Trinajstić information content (AvgIpc) is 2.23. The van der Waals surface area contributed by atoms with E-state index in [1.54, 1.807) is 4.90 Å². The van der Waals surface area contributed by atoms with E-state index < -0.39 is 11.7 Å². The molecule has 2 rings (SSSR count). The molecular weight excluding hydrogens is 310 g/mol. The number of carbonyl (C=O) groups is 1. The van der Waals surface area contributed by atoms with Crippen LogP contribution in [0.4, 0.5) is 4.79 Å². The fourth-order valence-corrected chi connectivity index (χ4v) is 2.50. The van der Waals surface area contributed by atoms with Crippen LogP contribution in [0.3, 0.4) is 0 Å². The van der Waals surface area contributed by atoms with Crippen molar-refractivity contribution in [3.05, 3.63) is 34.3 Å². The van der Waals surface area contributed by atoms with Crippen LogP contribution >= 0.6 is 15.9 Å². The van der Waals surface area contributed by atoms with E-state index in [2.05, 4.69) is 15.9 Å². The van der Waals surface area contributed by atoms with Gasteiger partial charge in [-0.05, 0) is 38.5 Å². The zero-order chi connectivity index (χ0) is 14.2. The number of ether oxygens (including phenoxy) is 1. The summed E-state index contributed by atoms with van der Waals surface area (Å²) >= 11 is 3.39. The van der Waals surface area contributed by atoms with Crippen LogP contribution < -0.4 is 0 Å². The van der Waals surface area contributed by atoms with Gasteiger partial charge < -0.3 is 9.84 Å². The van der Waals surface area contributed by atoms with Gasteiger partial charge in [0.2, 0.25) is 0 Å². The molecular formula is C14H18BrNO3. The van der Waals surface area contributed by atoms with E-state index >= 15 is 0 Å². The molecule has 1 aromatic carbocycles. The Morgan fingerprint density at radius 1 is 1.47 bits per heavy atom. The number of aliphatic hydroxyl groups excluding tert-OH is 1. The summed E-state index contributed by atoms with van der Waals surface area (Å²) in [4.78, 5) is 13.6. The number of carbonyl (C=O) groups excluding carboxylic acids is 1. The lowest BCUT2D eigenvalue weighted by atomic mass is 9.92. The van der Waals surface area contributed by atoms with Gasteiger partial charge in [0, 0.05) is 4.47 Å². The van der Waals surface area contributed by atoms with Crippen molar-refractivity contribution < 1.29 is 14.6 Å². The maximum Gasteiger partial charge on any atom is 0.410 e. The molecule has 5 heteroatoms. The maximum absolute atomic E-state index is 12.0. The molecule has 0 spiro atoms. The average molecular weight is 328 g/mol. The minimum absolute atomic E-state index is 0.312. The minimum atomic E-state index is -0.540. The molecule has 1 aromatic rings. The molecule has 1 amide bonds. The van der Waals surface area contributed by atoms with E-state index in [0.29, 0.717) is 6.54 Å². The van der Waals surface area contributed by atoms with Gasteiger partial charge in [-0.3, -0.25) is 4.90 Å². The van der Waals surface area contributed by atoms with Crippen molar-refractivity contribution in [1.29, 1.82) is 0 Å². The van der Waals surface area contributed by atoms with E-state index in [0.717, 1.165) is 10.0 Å². The molecule has 2 atom stereocenters. The second-order valence-electron chi connectivity index (χ2n) is 5.70. The number of benzene rings is 1. The van der Waals surface area contributed by atoms with Crippen LogP contribution in [0.2, 0.25) is 0 Å². The van der Waals surface area contributed by atoms with Crippen LogP contribution in [0.5, 0.6) is 0 Å². The van der Waals surface area contributed by atoms with Gasteiger partial charge in [-0.15, -0.1) is 0 Å². The SMILES string of the molecule is CC(C)(C)OC(=O)N1CC(O)C1c1cccc(Br)c1. The molecule has 0 radical (unpaired) electrons. The monoisotopic (exact) mass is 327 g/mol. The number of halogens is 1. The number of amides is 1. The first-order valence-electron chi connectivity index (χ1n) is 6.21. The second-order valence-corrected chi connectivity index (χ2v) is 6.62. The Labute approximate surface area is 121 Å². The highest BCUT2D eigenvalue weighted by Crippen LogP contribution is 2.35. The van der Waals surface area contributed by atoms with Crippen molar-refractivity contribution in [3.63, 3.8) is 0 Å². The van der Waals surface area contributed by atoms with Gasteiger partial charge in [0.05, 0.1) is 18.7 Å². The highest BCUT2D eigenvalue weighted by Gasteiger charge is 2.43. The molecule has 1 fully saturated rings. The van der Waals surface area contributed by atoms with Gasteiger partial charge in [0.25, 0.3) is 0 Å². The van der Waals surface area contributed by atoms with Gasteiger partial charge in [-0.25, -0.2) is 4.79 Å². The Morgan fingerprint density at radius 2 is 2.16 bits per heavy atom. The molecule has 4 nitrogen and oxygen atoms in total. The van der Waals surface area contributed by atoms with Crippen molar-refractivity contribution in [3.8, 4) is 0 Å². The van der Waals surface area contributed by atoms with Crippen LogP contribution in [0.15, 0.2) is 28.7 Å². The number of nitrogens with zero attached hydrogens (tertiary/aromatic N) is 1. The third-order valence-electron chi connectivity index (χ3n) is 2.90. The summed E-state index contributed by atoms with van der Waals surface area (Å²) < 4.78 is 6.26. The highest BCUT2D eigenvalue weighted by molar-refractivity contribution is 9.10. The first-order valence-corrected chi connectivity index (χ1v) is 7.00. The number of likely N-dealkylation sites (tertiary alicyclic amines) is 1. The van der Waals surface area contributed by atoms with E-state index in [4.69, 9.17) is 4.74 Å². The zero-order valence-electron chi connectivity index (χ0n) is 11.3. The van der Waals surface area contributed by atoms with Gasteiger partial charge >= 0.3 is 6.09 Å². The second kappa shape index (κ2) is 5.13. The molecule has 0 aromatic heterocycles. The van der Waals surface area contributed by atoms with Crippen molar-refractivity contribution in [2.75, 3.05) is 6.54 Å². The summed E-state index contributed by atoms with van der Waals surface area (Å²) in [7, 11) is 0. The van der Waals surface area contributed by atoms with Crippen LogP contribution in [-0.4, -0.2) is 34.3 Å². The van der Waals surface area contributed by atoms with Gasteiger partial charge in [0.1, 0.15) is 5.60 Å². The van der Waals surface area contributed by atoms with Crippen LogP contribution in [0, 0.1) is 0 Å². The lowest BCUT2D eigenvalue weighted by Crippen LogP contribution is -2.57. The first-order chi connectivity index (χ1) is 8.78. The van der Waals surface area contributed by atoms with E-state index in [1.165, 1.54) is 0 Å². The number of rotatable bonds is 1. The van der Waals surface area contributed by atoms with E-state index in [1.807, 2.05) is 45.0 Å². The minimum Gasteiger partial charge on any atom is -0.444 e. The van der Waals surface area contributed by atoms with E-state index in [-0.39, 0.29) is 12.1 Å². The summed E-state index contributed by atoms with van der Waals surface area (Å²) in [6.07, 6.45) is -0.926. The smallest absolute Gasteiger partial charge is 0.410 e. The standard InChI is InChI=1S/C14H18BrNO3/c1-14(2,3)19-13(18)16-8-11(17)12(16)9-5-4-6-10(15)7-9/h4-7,11-12,17H,8H2,1-3H3. The quantitative estimate of drug-likeness (QED) is 0.862. The summed E-state index contributed by atoms with van der Waals surface area (Å²) in [5.41, 5.74) is 0.374. The first kappa shape index (κ1) is 14.3.